The van der Waals surface area contributed by atoms with Crippen molar-refractivity contribution in [2.45, 2.75) is 62.2 Å². The summed E-state index contributed by atoms with van der Waals surface area (Å²) < 4.78 is 11.7. The summed E-state index contributed by atoms with van der Waals surface area (Å²) in [5.41, 5.74) is 0. The van der Waals surface area contributed by atoms with Crippen LogP contribution in [0.1, 0.15) is 33.1 Å². The molecule has 0 aromatic carbocycles. The van der Waals surface area contributed by atoms with Crippen LogP contribution in [0.3, 0.4) is 0 Å². The largest absolute Gasteiger partial charge is 0.461 e. The van der Waals surface area contributed by atoms with Crippen molar-refractivity contribution in [2.75, 3.05) is 5.33 Å². The summed E-state index contributed by atoms with van der Waals surface area (Å²) in [6.07, 6.45) is 9.91. The molecule has 0 aliphatic carbocycles. The van der Waals surface area contributed by atoms with E-state index in [1.165, 1.54) is 6.92 Å². The third-order valence-corrected chi connectivity index (χ3v) is 5.56. The Hall–Kier alpha value is -0.210. The Kier molecular flexibility index (Phi) is 9.61. The van der Waals surface area contributed by atoms with E-state index in [4.69, 9.17) is 39.1 Å². The fraction of sp³-hybridized carbons (Fsp3) is 0.706. The number of halogens is 3. The lowest BCUT2D eigenvalue weighted by atomic mass is 9.93. The normalized spacial score (nSPS) is 33.0. The van der Waals surface area contributed by atoms with Crippen LogP contribution in [-0.4, -0.2) is 40.4 Å². The summed E-state index contributed by atoms with van der Waals surface area (Å²) in [6, 6.07) is 0. The van der Waals surface area contributed by atoms with Crippen molar-refractivity contribution in [1.29, 1.82) is 0 Å². The minimum Gasteiger partial charge on any atom is -0.461 e. The average Bonchev–Trinajstić information content (AvgIpc) is 2.64. The number of carbonyl (C=O) groups excluding carboxylic acids is 1. The molecule has 0 aromatic heterocycles. The van der Waals surface area contributed by atoms with Gasteiger partial charge in [0.05, 0.1) is 23.0 Å². The highest BCUT2D eigenvalue weighted by Crippen LogP contribution is 2.35. The van der Waals surface area contributed by atoms with Gasteiger partial charge in [-0.1, -0.05) is 34.9 Å². The molecule has 0 spiro atoms. The van der Waals surface area contributed by atoms with Gasteiger partial charge in [0.25, 0.3) is 0 Å². The van der Waals surface area contributed by atoms with Crippen molar-refractivity contribution in [2.24, 2.45) is 5.92 Å². The number of hydrogen-bond donors (Lipinski definition) is 0. The second kappa shape index (κ2) is 10.6. The summed E-state index contributed by atoms with van der Waals surface area (Å²) in [5.74, 6) is 2.10. The van der Waals surface area contributed by atoms with Gasteiger partial charge in [-0.2, -0.15) is 0 Å². The lowest BCUT2D eigenvalue weighted by Gasteiger charge is -2.30. The fourth-order valence-corrected chi connectivity index (χ4v) is 4.27. The first-order chi connectivity index (χ1) is 10.9. The first kappa shape index (κ1) is 20.8. The predicted molar refractivity (Wildman–Crippen MR) is 98.3 cm³/mol. The van der Waals surface area contributed by atoms with Gasteiger partial charge in [0.2, 0.25) is 0 Å². The number of hydrogen-bond acceptors (Lipinski definition) is 3. The highest BCUT2D eigenvalue weighted by Gasteiger charge is 2.42. The maximum absolute atomic E-state index is 11.4. The molecule has 130 valence electrons. The molecule has 1 aliphatic heterocycles. The monoisotopic (exact) mass is 424 g/mol. The quantitative estimate of drug-likeness (QED) is 0.361. The summed E-state index contributed by atoms with van der Waals surface area (Å²) in [5, 5.41) is 0.0615. The van der Waals surface area contributed by atoms with Crippen molar-refractivity contribution < 1.29 is 14.3 Å². The highest BCUT2D eigenvalue weighted by atomic mass is 79.9. The van der Waals surface area contributed by atoms with E-state index in [-0.39, 0.29) is 34.8 Å². The van der Waals surface area contributed by atoms with Crippen LogP contribution in [0.4, 0.5) is 0 Å². The molecule has 0 aromatic rings. The van der Waals surface area contributed by atoms with Crippen LogP contribution < -0.4 is 0 Å². The van der Waals surface area contributed by atoms with Crippen LogP contribution in [-0.2, 0) is 14.3 Å². The molecule has 0 amide bonds. The summed E-state index contributed by atoms with van der Waals surface area (Å²) in [4.78, 5) is 11.4. The maximum Gasteiger partial charge on any atom is 0.302 e. The molecule has 1 saturated heterocycles. The number of esters is 1. The summed E-state index contributed by atoms with van der Waals surface area (Å²) in [6.45, 7) is 3.44. The minimum absolute atomic E-state index is 0.0125. The van der Waals surface area contributed by atoms with Crippen LogP contribution in [0, 0.1) is 18.3 Å². The molecule has 0 bridgehead atoms. The number of alkyl halides is 3. The van der Waals surface area contributed by atoms with Gasteiger partial charge in [0.15, 0.2) is 0 Å². The van der Waals surface area contributed by atoms with E-state index in [1.807, 2.05) is 13.0 Å². The van der Waals surface area contributed by atoms with Crippen molar-refractivity contribution in [1.82, 2.24) is 0 Å². The van der Waals surface area contributed by atoms with Crippen LogP contribution >= 0.6 is 39.1 Å². The van der Waals surface area contributed by atoms with E-state index < -0.39 is 6.10 Å². The van der Waals surface area contributed by atoms with Crippen molar-refractivity contribution in [3.63, 3.8) is 0 Å². The Bertz CT molecular complexity index is 450. The zero-order valence-corrected chi connectivity index (χ0v) is 16.5. The Morgan fingerprint density at radius 3 is 2.83 bits per heavy atom. The number of allylic oxidation sites excluding steroid dienone is 2. The third kappa shape index (κ3) is 6.31. The molecular formula is C17H23BrCl2O3. The molecule has 1 unspecified atom stereocenters. The van der Waals surface area contributed by atoms with Crippen molar-refractivity contribution >= 4 is 45.1 Å². The number of terminal acetylenes is 1. The number of carbonyl (C=O) groups is 1. The van der Waals surface area contributed by atoms with Gasteiger partial charge >= 0.3 is 5.97 Å². The number of ether oxygens (including phenoxy) is 2. The van der Waals surface area contributed by atoms with E-state index in [9.17, 15) is 4.79 Å². The van der Waals surface area contributed by atoms with E-state index in [0.717, 1.165) is 6.42 Å². The molecule has 1 fully saturated rings. The third-order valence-electron chi connectivity index (χ3n) is 3.92. The Morgan fingerprint density at radius 2 is 2.30 bits per heavy atom. The van der Waals surface area contributed by atoms with Crippen LogP contribution in [0.2, 0.25) is 0 Å². The van der Waals surface area contributed by atoms with Gasteiger partial charge in [-0.25, -0.2) is 0 Å². The van der Waals surface area contributed by atoms with E-state index in [1.54, 1.807) is 6.08 Å². The molecule has 23 heavy (non-hydrogen) atoms. The van der Waals surface area contributed by atoms with Crippen molar-refractivity contribution in [3.05, 3.63) is 12.2 Å². The summed E-state index contributed by atoms with van der Waals surface area (Å²) >= 11 is 16.5. The van der Waals surface area contributed by atoms with Gasteiger partial charge in [-0.3, -0.25) is 4.79 Å². The van der Waals surface area contributed by atoms with E-state index in [2.05, 4.69) is 21.9 Å². The Morgan fingerprint density at radius 1 is 1.61 bits per heavy atom. The average molecular weight is 426 g/mol. The molecule has 1 rings (SSSR count). The minimum atomic E-state index is -0.395. The van der Waals surface area contributed by atoms with Gasteiger partial charge < -0.3 is 9.47 Å². The zero-order chi connectivity index (χ0) is 17.4. The second-order valence-corrected chi connectivity index (χ2v) is 7.35. The van der Waals surface area contributed by atoms with Gasteiger partial charge in [-0.15, -0.1) is 29.6 Å². The standard InChI is InChI=1S/C17H23BrCl2O3/c1-4-6-7-8-13(19)16-9-14(20)17(22-11(3)21)12(10-18)15(5-2)23-16/h1,6-7,12-17H,5,8-10H2,2-3H3/b7-6-/t12-,13?,14+,15+,16-,17+/m0/s1. The van der Waals surface area contributed by atoms with Crippen LogP contribution in [0.5, 0.6) is 0 Å². The highest BCUT2D eigenvalue weighted by molar-refractivity contribution is 9.09. The van der Waals surface area contributed by atoms with Gasteiger partial charge in [-0.05, 0) is 25.3 Å². The Labute approximate surface area is 157 Å². The molecule has 0 N–H and O–H groups in total. The maximum atomic E-state index is 11.4. The van der Waals surface area contributed by atoms with Crippen LogP contribution in [0.15, 0.2) is 12.2 Å². The van der Waals surface area contributed by atoms with Crippen LogP contribution in [0.25, 0.3) is 0 Å². The molecule has 3 nitrogen and oxygen atoms in total. The molecule has 6 atom stereocenters. The van der Waals surface area contributed by atoms with Gasteiger partial charge in [0.1, 0.15) is 6.10 Å². The first-order valence-electron chi connectivity index (χ1n) is 7.72. The lowest BCUT2D eigenvalue weighted by molar-refractivity contribution is -0.150. The Balaban J connectivity index is 2.93. The molecule has 1 heterocycles. The smallest absolute Gasteiger partial charge is 0.302 e. The molecule has 0 saturated carbocycles. The van der Waals surface area contributed by atoms with Gasteiger partial charge in [0, 0.05) is 18.2 Å². The van der Waals surface area contributed by atoms with E-state index in [0.29, 0.717) is 18.2 Å². The zero-order valence-electron chi connectivity index (χ0n) is 13.4. The molecule has 6 heteroatoms. The topological polar surface area (TPSA) is 35.5 Å². The van der Waals surface area contributed by atoms with Crippen molar-refractivity contribution in [3.8, 4) is 12.3 Å². The molecule has 0 radical (unpaired) electrons. The predicted octanol–water partition coefficient (Wildman–Crippen LogP) is 4.29. The second-order valence-electron chi connectivity index (χ2n) is 5.59. The summed E-state index contributed by atoms with van der Waals surface area (Å²) in [7, 11) is 0. The fourth-order valence-electron chi connectivity index (χ4n) is 2.81. The SMILES string of the molecule is C#C/C=C\CC(Cl)[C@@H]1C[C@@H](Cl)[C@H](OC(C)=O)[C@@H](CBr)[C@@H](CC)O1. The molecular weight excluding hydrogens is 403 g/mol. The lowest BCUT2D eigenvalue weighted by Crippen LogP contribution is -2.40. The molecule has 1 aliphatic rings. The first-order valence-corrected chi connectivity index (χ1v) is 9.71. The number of rotatable bonds is 6. The van der Waals surface area contributed by atoms with E-state index >= 15 is 0 Å².